The molecule has 33 heavy (non-hydrogen) atoms. The Hall–Kier alpha value is -4.54. The summed E-state index contributed by atoms with van der Waals surface area (Å²) < 4.78 is 21.6. The Bertz CT molecular complexity index is 1190. The van der Waals surface area contributed by atoms with Crippen molar-refractivity contribution in [2.24, 2.45) is 5.73 Å². The number of ketones is 1. The third kappa shape index (κ3) is 4.87. The fraction of sp³-hybridized carbons (Fsp3) is 0.182. The van der Waals surface area contributed by atoms with Crippen LogP contribution in [0.5, 0.6) is 23.0 Å². The summed E-state index contributed by atoms with van der Waals surface area (Å²) in [6, 6.07) is 8.19. The van der Waals surface area contributed by atoms with Crippen LogP contribution in [0.4, 0.5) is 0 Å². The molecular formula is C22H18N2O9. The number of ether oxygens (including phenoxy) is 4. The number of hydrogen-bond acceptors (Lipinski definition) is 8. The zero-order valence-corrected chi connectivity index (χ0v) is 17.0. The maximum atomic E-state index is 12.6. The zero-order valence-electron chi connectivity index (χ0n) is 17.0. The highest BCUT2D eigenvalue weighted by Gasteiger charge is 2.28. The first-order valence-electron chi connectivity index (χ1n) is 9.71. The van der Waals surface area contributed by atoms with Gasteiger partial charge >= 0.3 is 5.97 Å². The maximum absolute atomic E-state index is 12.6. The number of Topliss-reactive ketones (excluding diaryl/α,β-unsaturated/α-hetero) is 1. The number of hydrogen-bond donors (Lipinski definition) is 3. The van der Waals surface area contributed by atoms with E-state index in [1.807, 2.05) is 0 Å². The number of rotatable bonds is 8. The lowest BCUT2D eigenvalue weighted by atomic mass is 10.1. The summed E-state index contributed by atoms with van der Waals surface area (Å²) in [5.74, 6) is -1.56. The van der Waals surface area contributed by atoms with Crippen LogP contribution in [-0.4, -0.2) is 48.1 Å². The summed E-state index contributed by atoms with van der Waals surface area (Å²) in [5, 5.41) is 11.2. The minimum absolute atomic E-state index is 0.106. The van der Waals surface area contributed by atoms with Gasteiger partial charge in [-0.05, 0) is 35.9 Å². The van der Waals surface area contributed by atoms with E-state index in [9.17, 15) is 19.2 Å². The molecule has 2 aromatic rings. The number of primary amides is 1. The van der Waals surface area contributed by atoms with Crippen LogP contribution < -0.4 is 30.0 Å². The first-order valence-corrected chi connectivity index (χ1v) is 9.71. The third-order valence-electron chi connectivity index (χ3n) is 4.74. The largest absolute Gasteiger partial charge is 0.484 e. The number of carboxylic acids is 1. The molecule has 2 amide bonds. The predicted octanol–water partition coefficient (Wildman–Crippen LogP) is 0.855. The van der Waals surface area contributed by atoms with Crippen molar-refractivity contribution in [3.63, 3.8) is 0 Å². The van der Waals surface area contributed by atoms with Gasteiger partial charge in [0.15, 0.2) is 23.9 Å². The van der Waals surface area contributed by atoms with Crippen LogP contribution in [0.2, 0.25) is 0 Å². The Morgan fingerprint density at radius 1 is 1.12 bits per heavy atom. The van der Waals surface area contributed by atoms with Gasteiger partial charge in [-0.25, -0.2) is 4.79 Å². The molecule has 4 rings (SSSR count). The molecule has 11 heteroatoms. The summed E-state index contributed by atoms with van der Waals surface area (Å²) >= 11 is 0. The highest BCUT2D eigenvalue weighted by molar-refractivity contribution is 6.14. The van der Waals surface area contributed by atoms with Gasteiger partial charge in [-0.1, -0.05) is 6.07 Å². The summed E-state index contributed by atoms with van der Waals surface area (Å²) in [7, 11) is 0. The number of allylic oxidation sites excluding steroid dienone is 1. The summed E-state index contributed by atoms with van der Waals surface area (Å²) in [4.78, 5) is 46.6. The van der Waals surface area contributed by atoms with E-state index in [1.54, 1.807) is 24.3 Å². The maximum Gasteiger partial charge on any atom is 0.326 e. The Labute approximate surface area is 186 Å². The molecule has 0 fully saturated rings. The fourth-order valence-electron chi connectivity index (χ4n) is 3.20. The molecule has 170 valence electrons. The lowest BCUT2D eigenvalue weighted by Gasteiger charge is -2.13. The second-order valence-corrected chi connectivity index (χ2v) is 7.13. The average molecular weight is 454 g/mol. The second kappa shape index (κ2) is 8.91. The molecular weight excluding hydrogens is 436 g/mol. The minimum atomic E-state index is -1.46. The van der Waals surface area contributed by atoms with E-state index in [1.165, 1.54) is 18.2 Å². The van der Waals surface area contributed by atoms with Gasteiger partial charge in [0.05, 0.1) is 12.0 Å². The monoisotopic (exact) mass is 454 g/mol. The van der Waals surface area contributed by atoms with Gasteiger partial charge in [-0.2, -0.15) is 0 Å². The molecule has 0 aromatic heterocycles. The van der Waals surface area contributed by atoms with E-state index < -0.39 is 36.9 Å². The van der Waals surface area contributed by atoms with Crippen LogP contribution in [0.1, 0.15) is 22.3 Å². The fourth-order valence-corrected chi connectivity index (χ4v) is 3.20. The van der Waals surface area contributed by atoms with Crippen LogP contribution in [0, 0.1) is 0 Å². The lowest BCUT2D eigenvalue weighted by molar-refractivity contribution is -0.143. The number of carbonyl (C=O) groups excluding carboxylic acids is 3. The summed E-state index contributed by atoms with van der Waals surface area (Å²) in [6.45, 7) is -0.381. The molecule has 2 aromatic carbocycles. The van der Waals surface area contributed by atoms with Crippen molar-refractivity contribution < 1.29 is 43.2 Å². The van der Waals surface area contributed by atoms with Crippen LogP contribution in [0.3, 0.4) is 0 Å². The number of aliphatic carboxylic acids is 1. The molecule has 0 saturated heterocycles. The molecule has 2 aliphatic rings. The Morgan fingerprint density at radius 3 is 2.67 bits per heavy atom. The average Bonchev–Trinajstić information content (AvgIpc) is 3.35. The molecule has 2 heterocycles. The van der Waals surface area contributed by atoms with Crippen molar-refractivity contribution in [1.82, 2.24) is 5.32 Å². The molecule has 11 nitrogen and oxygen atoms in total. The molecule has 0 unspecified atom stereocenters. The van der Waals surface area contributed by atoms with Gasteiger partial charge in [-0.15, -0.1) is 0 Å². The SMILES string of the molecule is NC(=O)C[C@H](NC(=O)COc1ccc2c(c1)O/C(=C\c1ccc3c(c1)OCO3)C2=O)C(=O)O. The number of amides is 2. The highest BCUT2D eigenvalue weighted by atomic mass is 16.7. The summed E-state index contributed by atoms with van der Waals surface area (Å²) in [5.41, 5.74) is 5.99. The van der Waals surface area contributed by atoms with Crippen molar-refractivity contribution in [3.05, 3.63) is 53.3 Å². The number of benzene rings is 2. The van der Waals surface area contributed by atoms with Crippen LogP contribution in [0.15, 0.2) is 42.2 Å². The van der Waals surface area contributed by atoms with Gasteiger partial charge in [0.2, 0.25) is 18.5 Å². The normalized spacial score (nSPS) is 15.5. The smallest absolute Gasteiger partial charge is 0.326 e. The van der Waals surface area contributed by atoms with E-state index in [4.69, 9.17) is 29.8 Å². The minimum Gasteiger partial charge on any atom is -0.484 e. The first kappa shape index (κ1) is 21.7. The van der Waals surface area contributed by atoms with Gasteiger partial charge in [-0.3, -0.25) is 14.4 Å². The molecule has 0 aliphatic carbocycles. The molecule has 2 aliphatic heterocycles. The van der Waals surface area contributed by atoms with Crippen LogP contribution in [-0.2, 0) is 14.4 Å². The van der Waals surface area contributed by atoms with Crippen molar-refractivity contribution >= 4 is 29.6 Å². The van der Waals surface area contributed by atoms with Gasteiger partial charge < -0.3 is 35.1 Å². The number of fused-ring (bicyclic) bond motifs is 2. The summed E-state index contributed by atoms with van der Waals surface area (Å²) in [6.07, 6.45) is 1.03. The van der Waals surface area contributed by atoms with E-state index in [0.29, 0.717) is 22.6 Å². The van der Waals surface area contributed by atoms with Crippen LogP contribution >= 0.6 is 0 Å². The van der Waals surface area contributed by atoms with E-state index in [2.05, 4.69) is 5.32 Å². The predicted molar refractivity (Wildman–Crippen MR) is 111 cm³/mol. The number of carbonyl (C=O) groups is 4. The Balaban J connectivity index is 1.40. The standard InChI is InChI=1S/C22H18N2O9/c23-19(25)8-14(22(28)29)24-20(26)9-30-12-2-3-13-16(7-12)33-18(21(13)27)6-11-1-4-15-17(5-11)32-10-31-15/h1-7,14H,8-10H2,(H2,23,25)(H,24,26)(H,28,29)/b18-6-/t14-/m0/s1. The van der Waals surface area contributed by atoms with Crippen molar-refractivity contribution in [1.29, 1.82) is 0 Å². The molecule has 1 atom stereocenters. The zero-order chi connectivity index (χ0) is 23.5. The number of nitrogens with two attached hydrogens (primary N) is 1. The van der Waals surface area contributed by atoms with Crippen molar-refractivity contribution in [2.75, 3.05) is 13.4 Å². The number of nitrogens with one attached hydrogen (secondary N) is 1. The quantitative estimate of drug-likeness (QED) is 0.491. The highest BCUT2D eigenvalue weighted by Crippen LogP contribution is 2.37. The molecule has 4 N–H and O–H groups in total. The molecule has 0 saturated carbocycles. The molecule has 0 spiro atoms. The number of carboxylic acid groups (broad SMARTS) is 1. The van der Waals surface area contributed by atoms with Gasteiger partial charge in [0.25, 0.3) is 5.91 Å². The Kier molecular flexibility index (Phi) is 5.85. The van der Waals surface area contributed by atoms with Crippen molar-refractivity contribution in [3.8, 4) is 23.0 Å². The molecule has 0 bridgehead atoms. The second-order valence-electron chi connectivity index (χ2n) is 7.13. The lowest BCUT2D eigenvalue weighted by Crippen LogP contribution is -2.45. The van der Waals surface area contributed by atoms with Gasteiger partial charge in [0.1, 0.15) is 17.5 Å². The van der Waals surface area contributed by atoms with E-state index >= 15 is 0 Å². The van der Waals surface area contributed by atoms with E-state index in [0.717, 1.165) is 0 Å². The molecule has 0 radical (unpaired) electrons. The van der Waals surface area contributed by atoms with Gasteiger partial charge in [0, 0.05) is 6.07 Å². The Morgan fingerprint density at radius 2 is 1.91 bits per heavy atom. The van der Waals surface area contributed by atoms with Crippen LogP contribution in [0.25, 0.3) is 6.08 Å². The van der Waals surface area contributed by atoms with E-state index in [-0.39, 0.29) is 29.8 Å². The van der Waals surface area contributed by atoms with Crippen molar-refractivity contribution in [2.45, 2.75) is 12.5 Å². The first-order chi connectivity index (χ1) is 15.8. The third-order valence-corrected chi connectivity index (χ3v) is 4.74. The topological polar surface area (TPSA) is 163 Å².